The van der Waals surface area contributed by atoms with Gasteiger partial charge in [-0.15, -0.1) is 0 Å². The third-order valence-electron chi connectivity index (χ3n) is 15.5. The van der Waals surface area contributed by atoms with Crippen LogP contribution in [-0.4, -0.2) is 127 Å². The number of aliphatic hydroxyl groups is 2. The Morgan fingerprint density at radius 1 is 0.818 bits per heavy atom. The van der Waals surface area contributed by atoms with E-state index in [0.29, 0.717) is 5.69 Å². The van der Waals surface area contributed by atoms with E-state index < -0.39 is 141 Å². The molecule has 408 valence electrons. The zero-order valence-electron chi connectivity index (χ0n) is 43.0. The van der Waals surface area contributed by atoms with Crippen LogP contribution in [0, 0.1) is 16.7 Å². The summed E-state index contributed by atoms with van der Waals surface area (Å²) < 4.78 is 68.1. The number of esters is 4. The lowest BCUT2D eigenvalue weighted by Crippen LogP contribution is -2.82. The Morgan fingerprint density at radius 2 is 1.42 bits per heavy atom. The molecular weight excluding hydrogens is 1020 g/mol. The molecule has 20 nitrogen and oxygen atoms in total. The average Bonchev–Trinajstić information content (AvgIpc) is 3.58. The molecule has 4 aromatic rings. The minimum atomic E-state index is -4.05. The first-order valence-electron chi connectivity index (χ1n) is 24.8. The van der Waals surface area contributed by atoms with Crippen molar-refractivity contribution >= 4 is 57.2 Å². The van der Waals surface area contributed by atoms with Gasteiger partial charge in [0.05, 0.1) is 40.3 Å². The Morgan fingerprint density at radius 3 is 1.99 bits per heavy atom. The zero-order chi connectivity index (χ0) is 55.8. The summed E-state index contributed by atoms with van der Waals surface area (Å²) in [5, 5.41) is 29.0. The summed E-state index contributed by atoms with van der Waals surface area (Å²) in [5.74, 6) is -8.24. The average molecular weight is 1080 g/mol. The van der Waals surface area contributed by atoms with Crippen molar-refractivity contribution in [3.05, 3.63) is 143 Å². The van der Waals surface area contributed by atoms with Gasteiger partial charge in [-0.05, 0) is 79.1 Å². The number of ether oxygens (including phenoxy) is 7. The molecule has 5 N–H and O–H groups in total. The quantitative estimate of drug-likeness (QED) is 0.0530. The highest BCUT2D eigenvalue weighted by atomic mass is 32.2. The molecule has 3 fully saturated rings. The van der Waals surface area contributed by atoms with Crippen molar-refractivity contribution in [2.75, 3.05) is 24.7 Å². The van der Waals surface area contributed by atoms with E-state index in [9.17, 15) is 42.6 Å². The SMILES string of the molecule is CC(=O)O[C@H]1C(=O)[C@@]2(C)[C@H]([C@H](OC(=O)c3ccccc3)[C@]3(O)C[C@H](OC(=O)[C@H](OC(=O)OCCS(=O)(=O)c4ccc(N)cc4)[C@@H](NC(=O)c4ccccc4)c4ccccc4)C(C)=C1C3(C)C)[C@]1(OC(C)=O)CO[C@@H]1C[C@@H]2O. The number of nitrogen functional groups attached to an aromatic ring is 1. The Hall–Kier alpha value is -7.46. The number of amides is 1. The maximum atomic E-state index is 15.8. The molecule has 0 aromatic heterocycles. The Balaban J connectivity index is 1.26. The maximum Gasteiger partial charge on any atom is 0.509 e. The first kappa shape index (κ1) is 55.8. The number of rotatable bonds is 15. The van der Waals surface area contributed by atoms with Crippen molar-refractivity contribution in [2.24, 2.45) is 16.7 Å². The lowest BCUT2D eigenvalue weighted by Gasteiger charge is -2.67. The maximum absolute atomic E-state index is 15.8. The number of Topliss-reactive ketones (excluding diaryl/α,β-unsaturated/α-hetero) is 1. The van der Waals surface area contributed by atoms with Gasteiger partial charge in [-0.25, -0.2) is 22.8 Å². The van der Waals surface area contributed by atoms with Crippen molar-refractivity contribution in [1.29, 1.82) is 0 Å². The standard InChI is InChI=1S/C56H60N2O18S/c1-31-39(73-51(65)45(74-52(66)70-26-27-77(68,69)38-24-22-37(57)23-25-38)43(34-16-10-7-11-17-34)58-49(63)35-18-12-8-13-19-35)29-56(67)48(75-50(64)36-20-14-9-15-21-36)46-54(6,40(61)28-41-55(46,30-71-41)76-33(3)60)47(62)44(72-32(2)59)42(31)53(56,4)5/h7-25,39-41,43-46,48,61,67H,26-30,57H2,1-6H3,(H,58,63)/t39-,40-,41+,43-,44+,45+,46-,48-,54+,55-,56+/m0/s1. The largest absolute Gasteiger partial charge is 0.509 e. The van der Waals surface area contributed by atoms with E-state index in [1.54, 1.807) is 54.6 Å². The fourth-order valence-electron chi connectivity index (χ4n) is 11.5. The second-order valence-electron chi connectivity index (χ2n) is 20.4. The number of anilines is 1. The molecule has 77 heavy (non-hydrogen) atoms. The number of benzene rings is 4. The summed E-state index contributed by atoms with van der Waals surface area (Å²) in [6, 6.07) is 27.1. The van der Waals surface area contributed by atoms with E-state index in [2.05, 4.69) is 5.32 Å². The number of nitrogens with one attached hydrogen (secondary N) is 1. The monoisotopic (exact) mass is 1080 g/mol. The van der Waals surface area contributed by atoms with Gasteiger partial charge in [0.25, 0.3) is 5.91 Å². The Bertz CT molecular complexity index is 3080. The van der Waals surface area contributed by atoms with Crippen LogP contribution in [0.1, 0.15) is 86.7 Å². The van der Waals surface area contributed by atoms with Gasteiger partial charge in [-0.2, -0.15) is 0 Å². The van der Waals surface area contributed by atoms with E-state index in [-0.39, 0.29) is 45.8 Å². The number of ketones is 1. The molecule has 8 rings (SSSR count). The predicted molar refractivity (Wildman–Crippen MR) is 271 cm³/mol. The van der Waals surface area contributed by atoms with Gasteiger partial charge in [0, 0.05) is 43.4 Å². The van der Waals surface area contributed by atoms with Crippen molar-refractivity contribution in [2.45, 2.75) is 113 Å². The van der Waals surface area contributed by atoms with E-state index in [0.717, 1.165) is 13.8 Å². The molecule has 11 atom stereocenters. The van der Waals surface area contributed by atoms with Crippen LogP contribution in [-0.2, 0) is 62.2 Å². The molecule has 2 bridgehead atoms. The van der Waals surface area contributed by atoms with Crippen LogP contribution in [0.5, 0.6) is 0 Å². The van der Waals surface area contributed by atoms with Gasteiger partial charge in [0.1, 0.15) is 36.6 Å². The molecule has 3 aliphatic carbocycles. The predicted octanol–water partition coefficient (Wildman–Crippen LogP) is 4.95. The molecule has 0 unspecified atom stereocenters. The molecule has 0 radical (unpaired) electrons. The molecule has 1 amide bonds. The third kappa shape index (κ3) is 10.4. The van der Waals surface area contributed by atoms with Crippen LogP contribution >= 0.6 is 0 Å². The number of carbonyl (C=O) groups is 7. The highest BCUT2D eigenvalue weighted by Gasteiger charge is 2.78. The van der Waals surface area contributed by atoms with Crippen molar-refractivity contribution in [3.63, 3.8) is 0 Å². The van der Waals surface area contributed by atoms with Gasteiger partial charge in [-0.1, -0.05) is 80.6 Å². The second-order valence-corrected chi connectivity index (χ2v) is 22.5. The minimum Gasteiger partial charge on any atom is -0.455 e. The first-order valence-corrected chi connectivity index (χ1v) is 26.4. The number of sulfone groups is 1. The van der Waals surface area contributed by atoms with E-state index in [1.807, 2.05) is 0 Å². The number of nitrogens with two attached hydrogens (primary N) is 1. The first-order chi connectivity index (χ1) is 36.3. The summed E-state index contributed by atoms with van der Waals surface area (Å²) in [6.07, 6.45) is -13.0. The minimum absolute atomic E-state index is 0.00560. The van der Waals surface area contributed by atoms with Crippen LogP contribution in [0.15, 0.2) is 131 Å². The fourth-order valence-corrected chi connectivity index (χ4v) is 12.5. The Labute approximate surface area is 444 Å². The highest BCUT2D eigenvalue weighted by Crippen LogP contribution is 2.64. The second kappa shape index (κ2) is 21.5. The summed E-state index contributed by atoms with van der Waals surface area (Å²) in [5.41, 5.74) is -2.03. The summed E-state index contributed by atoms with van der Waals surface area (Å²) in [4.78, 5) is 99.7. The molecular formula is C56H60N2O18S. The molecule has 1 heterocycles. The van der Waals surface area contributed by atoms with Crippen LogP contribution in [0.25, 0.3) is 0 Å². The smallest absolute Gasteiger partial charge is 0.455 e. The number of hydrogen-bond acceptors (Lipinski definition) is 19. The van der Waals surface area contributed by atoms with Crippen LogP contribution in [0.4, 0.5) is 10.5 Å². The Kier molecular flexibility index (Phi) is 15.6. The van der Waals surface area contributed by atoms with E-state index in [1.165, 1.54) is 88.4 Å². The topological polar surface area (TPSA) is 297 Å². The normalized spacial score (nSPS) is 28.0. The van der Waals surface area contributed by atoms with Gasteiger partial charge in [0.15, 0.2) is 27.3 Å². The van der Waals surface area contributed by atoms with Gasteiger partial charge in [-0.3, -0.25) is 19.2 Å². The van der Waals surface area contributed by atoms with Gasteiger partial charge >= 0.3 is 30.0 Å². The molecule has 2 saturated carbocycles. The van der Waals surface area contributed by atoms with Crippen LogP contribution in [0.2, 0.25) is 0 Å². The van der Waals surface area contributed by atoms with Crippen LogP contribution in [0.3, 0.4) is 0 Å². The van der Waals surface area contributed by atoms with Crippen molar-refractivity contribution in [3.8, 4) is 0 Å². The van der Waals surface area contributed by atoms with Crippen LogP contribution < -0.4 is 11.1 Å². The lowest BCUT2D eigenvalue weighted by molar-refractivity contribution is -0.346. The molecule has 1 aliphatic heterocycles. The van der Waals surface area contributed by atoms with Gasteiger partial charge in [0.2, 0.25) is 6.10 Å². The number of fused-ring (bicyclic) bond motifs is 5. The third-order valence-corrected chi connectivity index (χ3v) is 17.2. The number of hydrogen-bond donors (Lipinski definition) is 4. The molecule has 1 saturated heterocycles. The number of aliphatic hydroxyl groups excluding tert-OH is 1. The number of carbonyl (C=O) groups excluding carboxylic acids is 7. The zero-order valence-corrected chi connectivity index (χ0v) is 43.9. The summed E-state index contributed by atoms with van der Waals surface area (Å²) in [6.45, 7) is 6.83. The molecule has 21 heteroatoms. The summed E-state index contributed by atoms with van der Waals surface area (Å²) >= 11 is 0. The van der Waals surface area contributed by atoms with Crippen molar-refractivity contribution in [1.82, 2.24) is 5.32 Å². The van der Waals surface area contributed by atoms with E-state index >= 15 is 9.59 Å². The molecule has 0 spiro atoms. The lowest BCUT2D eigenvalue weighted by atomic mass is 9.44. The fraction of sp³-hybridized carbons (Fsp3) is 0.411. The summed E-state index contributed by atoms with van der Waals surface area (Å²) in [7, 11) is -4.05. The van der Waals surface area contributed by atoms with E-state index in [4.69, 9.17) is 38.9 Å². The van der Waals surface area contributed by atoms with Gasteiger partial charge < -0.3 is 54.4 Å². The van der Waals surface area contributed by atoms with Crippen molar-refractivity contribution < 1.29 is 85.4 Å². The molecule has 4 aromatic carbocycles. The highest BCUT2D eigenvalue weighted by molar-refractivity contribution is 7.91. The molecule has 4 aliphatic rings.